The van der Waals surface area contributed by atoms with Crippen LogP contribution in [0.2, 0.25) is 0 Å². The lowest BCUT2D eigenvalue weighted by Gasteiger charge is -2.30. The number of carboxylic acid groups (broad SMARTS) is 1. The summed E-state index contributed by atoms with van der Waals surface area (Å²) in [6.07, 6.45) is 4.91. The highest BCUT2D eigenvalue weighted by molar-refractivity contribution is 5.91. The van der Waals surface area contributed by atoms with E-state index in [9.17, 15) is 14.7 Å². The molecule has 0 amide bonds. The molecule has 1 atom stereocenters. The van der Waals surface area contributed by atoms with Gasteiger partial charge in [-0.3, -0.25) is 0 Å². The van der Waals surface area contributed by atoms with E-state index in [4.69, 9.17) is 16.2 Å². The van der Waals surface area contributed by atoms with Crippen LogP contribution in [-0.2, 0) is 10.3 Å². The first kappa shape index (κ1) is 17.4. The van der Waals surface area contributed by atoms with Gasteiger partial charge in [0.1, 0.15) is 5.75 Å². The maximum absolute atomic E-state index is 12.4. The normalized spacial score (nSPS) is 18.9. The number of carboxylic acids is 1. The average Bonchev–Trinajstić information content (AvgIpc) is 2.62. The molecule has 0 radical (unpaired) electrons. The van der Waals surface area contributed by atoms with E-state index in [0.29, 0.717) is 16.8 Å². The Morgan fingerprint density at radius 3 is 2.46 bits per heavy atom. The molecule has 3 rings (SSSR count). The highest BCUT2D eigenvalue weighted by atomic mass is 16.5. The second-order valence-corrected chi connectivity index (χ2v) is 6.08. The Labute approximate surface area is 150 Å². The Balaban J connectivity index is 1.90. The van der Waals surface area contributed by atoms with Gasteiger partial charge in [0, 0.05) is 23.2 Å². The molecule has 2 aromatic carbocycles. The van der Waals surface area contributed by atoms with Gasteiger partial charge in [0.05, 0.1) is 11.1 Å². The van der Waals surface area contributed by atoms with Crippen molar-refractivity contribution in [3.05, 3.63) is 83.5 Å². The standard InChI is InChI=1S/C20H18N2O4/c21-15-9-7-13(8-10-15)19(25)26-17-6-2-1-5-16(17)20(22)11-3-4-14(12-20)18(23)24/h1-11H,12,21-22H2,(H,23,24). The summed E-state index contributed by atoms with van der Waals surface area (Å²) in [6.45, 7) is 0. The Morgan fingerprint density at radius 2 is 1.77 bits per heavy atom. The predicted molar refractivity (Wildman–Crippen MR) is 97.6 cm³/mol. The highest BCUT2D eigenvalue weighted by Crippen LogP contribution is 2.36. The number of para-hydroxylation sites is 1. The summed E-state index contributed by atoms with van der Waals surface area (Å²) in [6, 6.07) is 13.2. The minimum Gasteiger partial charge on any atom is -0.478 e. The van der Waals surface area contributed by atoms with Crippen LogP contribution >= 0.6 is 0 Å². The number of hydrogen-bond acceptors (Lipinski definition) is 5. The lowest BCUT2D eigenvalue weighted by atomic mass is 9.81. The van der Waals surface area contributed by atoms with Crippen LogP contribution in [0.25, 0.3) is 0 Å². The van der Waals surface area contributed by atoms with Gasteiger partial charge in [-0.2, -0.15) is 0 Å². The topological polar surface area (TPSA) is 116 Å². The number of allylic oxidation sites excluding steroid dienone is 2. The van der Waals surface area contributed by atoms with E-state index >= 15 is 0 Å². The fraction of sp³-hybridized carbons (Fsp3) is 0.100. The number of esters is 1. The average molecular weight is 350 g/mol. The molecule has 1 unspecified atom stereocenters. The van der Waals surface area contributed by atoms with E-state index in [2.05, 4.69) is 0 Å². The molecule has 0 heterocycles. The molecular weight excluding hydrogens is 332 g/mol. The zero-order chi connectivity index (χ0) is 18.7. The Kier molecular flexibility index (Phi) is 4.60. The number of hydrogen-bond donors (Lipinski definition) is 3. The number of carbonyl (C=O) groups excluding carboxylic acids is 1. The third kappa shape index (κ3) is 3.50. The molecule has 6 nitrogen and oxygen atoms in total. The van der Waals surface area contributed by atoms with Crippen molar-refractivity contribution >= 4 is 17.6 Å². The first-order chi connectivity index (χ1) is 12.4. The van der Waals surface area contributed by atoms with Crippen molar-refractivity contribution in [1.82, 2.24) is 0 Å². The quantitative estimate of drug-likeness (QED) is 0.443. The van der Waals surface area contributed by atoms with Gasteiger partial charge in [0.25, 0.3) is 0 Å². The van der Waals surface area contributed by atoms with Crippen molar-refractivity contribution in [3.8, 4) is 5.75 Å². The number of aliphatic carboxylic acids is 1. The van der Waals surface area contributed by atoms with E-state index in [0.717, 1.165) is 0 Å². The summed E-state index contributed by atoms with van der Waals surface area (Å²) in [7, 11) is 0. The molecule has 0 saturated heterocycles. The number of carbonyl (C=O) groups is 2. The van der Waals surface area contributed by atoms with Gasteiger partial charge in [-0.15, -0.1) is 0 Å². The number of anilines is 1. The van der Waals surface area contributed by atoms with E-state index in [1.54, 1.807) is 60.7 Å². The van der Waals surface area contributed by atoms with Crippen molar-refractivity contribution in [2.75, 3.05) is 5.73 Å². The Bertz CT molecular complexity index is 916. The van der Waals surface area contributed by atoms with Crippen molar-refractivity contribution < 1.29 is 19.4 Å². The zero-order valence-corrected chi connectivity index (χ0v) is 13.9. The minimum atomic E-state index is -1.08. The van der Waals surface area contributed by atoms with Crippen LogP contribution in [0.4, 0.5) is 5.69 Å². The predicted octanol–water partition coefficient (Wildman–Crippen LogP) is 2.61. The zero-order valence-electron chi connectivity index (χ0n) is 13.9. The molecule has 0 aromatic heterocycles. The molecule has 5 N–H and O–H groups in total. The summed E-state index contributed by atoms with van der Waals surface area (Å²) in [4.78, 5) is 23.7. The van der Waals surface area contributed by atoms with E-state index in [1.807, 2.05) is 0 Å². The van der Waals surface area contributed by atoms with Crippen LogP contribution in [0, 0.1) is 0 Å². The summed E-state index contributed by atoms with van der Waals surface area (Å²) < 4.78 is 5.53. The van der Waals surface area contributed by atoms with Crippen LogP contribution in [0.15, 0.2) is 72.3 Å². The first-order valence-corrected chi connectivity index (χ1v) is 7.97. The van der Waals surface area contributed by atoms with Crippen molar-refractivity contribution in [3.63, 3.8) is 0 Å². The fourth-order valence-corrected chi connectivity index (χ4v) is 2.82. The molecular formula is C20H18N2O4. The van der Waals surface area contributed by atoms with Crippen LogP contribution in [0.1, 0.15) is 22.3 Å². The molecule has 2 aromatic rings. The van der Waals surface area contributed by atoms with Gasteiger partial charge in [-0.1, -0.05) is 36.4 Å². The second-order valence-electron chi connectivity index (χ2n) is 6.08. The molecule has 1 aliphatic carbocycles. The van der Waals surface area contributed by atoms with Gasteiger partial charge in [-0.05, 0) is 30.3 Å². The third-order valence-corrected chi connectivity index (χ3v) is 4.19. The maximum atomic E-state index is 12.4. The summed E-state index contributed by atoms with van der Waals surface area (Å²) in [5, 5.41) is 9.25. The molecule has 0 saturated carbocycles. The largest absolute Gasteiger partial charge is 0.478 e. The lowest BCUT2D eigenvalue weighted by Crippen LogP contribution is -2.37. The van der Waals surface area contributed by atoms with Crippen molar-refractivity contribution in [2.24, 2.45) is 5.73 Å². The number of nitrogen functional groups attached to an aromatic ring is 1. The number of ether oxygens (including phenoxy) is 1. The van der Waals surface area contributed by atoms with E-state index < -0.39 is 17.5 Å². The maximum Gasteiger partial charge on any atom is 0.343 e. The van der Waals surface area contributed by atoms with Gasteiger partial charge >= 0.3 is 11.9 Å². The van der Waals surface area contributed by atoms with E-state index in [1.165, 1.54) is 6.08 Å². The number of benzene rings is 2. The summed E-state index contributed by atoms with van der Waals surface area (Å²) >= 11 is 0. The number of rotatable bonds is 4. The van der Waals surface area contributed by atoms with Crippen molar-refractivity contribution in [1.29, 1.82) is 0 Å². The van der Waals surface area contributed by atoms with Gasteiger partial charge in [0.15, 0.2) is 0 Å². The Hall–Kier alpha value is -3.38. The van der Waals surface area contributed by atoms with Crippen LogP contribution in [-0.4, -0.2) is 17.0 Å². The smallest absolute Gasteiger partial charge is 0.343 e. The third-order valence-electron chi connectivity index (χ3n) is 4.19. The monoisotopic (exact) mass is 350 g/mol. The summed E-state index contributed by atoms with van der Waals surface area (Å²) in [5.41, 5.74) is 12.6. The second kappa shape index (κ2) is 6.85. The van der Waals surface area contributed by atoms with Crippen LogP contribution in [0.5, 0.6) is 5.75 Å². The molecule has 0 spiro atoms. The molecule has 132 valence electrons. The van der Waals surface area contributed by atoms with Crippen LogP contribution in [0.3, 0.4) is 0 Å². The minimum absolute atomic E-state index is 0.0925. The Morgan fingerprint density at radius 1 is 1.08 bits per heavy atom. The molecule has 0 aliphatic heterocycles. The molecule has 26 heavy (non-hydrogen) atoms. The molecule has 0 bridgehead atoms. The van der Waals surface area contributed by atoms with Crippen LogP contribution < -0.4 is 16.2 Å². The number of nitrogens with two attached hydrogens (primary N) is 2. The molecule has 1 aliphatic rings. The molecule has 6 heteroatoms. The van der Waals surface area contributed by atoms with Gasteiger partial charge in [0.2, 0.25) is 0 Å². The van der Waals surface area contributed by atoms with Gasteiger partial charge in [-0.25, -0.2) is 9.59 Å². The lowest BCUT2D eigenvalue weighted by molar-refractivity contribution is -0.133. The van der Waals surface area contributed by atoms with Gasteiger partial charge < -0.3 is 21.3 Å². The highest BCUT2D eigenvalue weighted by Gasteiger charge is 2.33. The van der Waals surface area contributed by atoms with E-state index in [-0.39, 0.29) is 17.7 Å². The van der Waals surface area contributed by atoms with Crippen molar-refractivity contribution in [2.45, 2.75) is 12.0 Å². The fourth-order valence-electron chi connectivity index (χ4n) is 2.82. The first-order valence-electron chi connectivity index (χ1n) is 7.97. The molecule has 0 fully saturated rings. The SMILES string of the molecule is Nc1ccc(C(=O)Oc2ccccc2C2(N)C=CC=C(C(=O)O)C2)cc1. The summed E-state index contributed by atoms with van der Waals surface area (Å²) in [5.74, 6) is -1.29.